The second-order valence-electron chi connectivity index (χ2n) is 4.23. The van der Waals surface area contributed by atoms with E-state index in [4.69, 9.17) is 0 Å². The van der Waals surface area contributed by atoms with Gasteiger partial charge in [-0.2, -0.15) is 0 Å². The third-order valence-electron chi connectivity index (χ3n) is 1.79. The molecule has 0 heterocycles. The summed E-state index contributed by atoms with van der Waals surface area (Å²) in [6.45, 7) is 7.59. The van der Waals surface area contributed by atoms with Crippen molar-refractivity contribution in [2.75, 3.05) is 0 Å². The van der Waals surface area contributed by atoms with Crippen molar-refractivity contribution < 1.29 is 17.9 Å². The Balaban J connectivity index is 5.17. The number of hydrogen-bond donors (Lipinski definition) is 0. The number of hydrogen-bond acceptors (Lipinski definition) is 4. The van der Waals surface area contributed by atoms with Gasteiger partial charge in [-0.3, -0.25) is 4.79 Å². The fraction of sp³-hybridized carbons (Fsp3) is 0.875. The number of carbonyl (C=O) groups excluding carboxylic acids is 1. The van der Waals surface area contributed by atoms with Gasteiger partial charge in [-0.1, -0.05) is 0 Å². The van der Waals surface area contributed by atoms with Crippen molar-refractivity contribution in [2.24, 2.45) is 0 Å². The van der Waals surface area contributed by atoms with Crippen molar-refractivity contribution in [2.45, 2.75) is 44.3 Å². The van der Waals surface area contributed by atoms with E-state index in [1.165, 1.54) is 13.8 Å². The Bertz CT molecular complexity index is 282. The molecule has 0 atom stereocenters. The molecule has 0 fully saturated rings. The third kappa shape index (κ3) is 2.21. The molecule has 5 heteroatoms. The maximum atomic E-state index is 11.8. The molecule has 0 rings (SSSR count). The van der Waals surface area contributed by atoms with Gasteiger partial charge >= 0.3 is 0 Å². The van der Waals surface area contributed by atoms with Gasteiger partial charge < -0.3 is 4.74 Å². The van der Waals surface area contributed by atoms with Crippen molar-refractivity contribution >= 4 is 16.3 Å². The third-order valence-corrected chi connectivity index (χ3v) is 4.79. The van der Waals surface area contributed by atoms with Gasteiger partial charge in [0.2, 0.25) is 4.93 Å². The molecule has 0 unspecified atom stereocenters. The first-order valence-electron chi connectivity index (χ1n) is 3.92. The van der Waals surface area contributed by atoms with E-state index in [0.717, 1.165) is 0 Å². The summed E-state index contributed by atoms with van der Waals surface area (Å²) in [5.41, 5.74) is 0. The van der Waals surface area contributed by atoms with Crippen LogP contribution in [0.1, 0.15) is 34.6 Å². The molecule has 0 bridgehead atoms. The SMILES string of the molecule is CC(C)(C)S(=O)(=O)C(C)(C)OC=O. The summed E-state index contributed by atoms with van der Waals surface area (Å²) in [7, 11) is -3.49. The largest absolute Gasteiger partial charge is 0.445 e. The van der Waals surface area contributed by atoms with Gasteiger partial charge in [0.05, 0.1) is 4.75 Å². The summed E-state index contributed by atoms with van der Waals surface area (Å²) >= 11 is 0. The first-order chi connectivity index (χ1) is 5.56. The van der Waals surface area contributed by atoms with Crippen LogP contribution >= 0.6 is 0 Å². The first kappa shape index (κ1) is 12.4. The lowest BCUT2D eigenvalue weighted by molar-refractivity contribution is -0.134. The molecular weight excluding hydrogens is 192 g/mol. The fourth-order valence-corrected chi connectivity index (χ4v) is 2.56. The molecule has 0 aromatic carbocycles. The molecule has 0 aliphatic carbocycles. The molecule has 0 aromatic rings. The smallest absolute Gasteiger partial charge is 0.294 e. The summed E-state index contributed by atoms with van der Waals surface area (Å²) < 4.78 is 27.2. The number of carbonyl (C=O) groups is 1. The molecule has 0 saturated carbocycles. The minimum absolute atomic E-state index is 0.156. The maximum Gasteiger partial charge on any atom is 0.294 e. The zero-order chi connectivity index (χ0) is 10.9. The Morgan fingerprint density at radius 1 is 1.08 bits per heavy atom. The minimum Gasteiger partial charge on any atom is -0.445 e. The molecule has 0 aromatic heterocycles. The fourth-order valence-electron chi connectivity index (χ4n) is 0.917. The quantitative estimate of drug-likeness (QED) is 0.652. The molecule has 4 nitrogen and oxygen atoms in total. The van der Waals surface area contributed by atoms with Gasteiger partial charge in [0.25, 0.3) is 6.47 Å². The average Bonchev–Trinajstić information content (AvgIpc) is 1.84. The highest BCUT2D eigenvalue weighted by Gasteiger charge is 2.44. The number of sulfone groups is 1. The second kappa shape index (κ2) is 3.29. The Kier molecular flexibility index (Phi) is 3.14. The van der Waals surface area contributed by atoms with Gasteiger partial charge in [-0.15, -0.1) is 0 Å². The van der Waals surface area contributed by atoms with Crippen LogP contribution in [-0.2, 0) is 19.4 Å². The molecule has 0 spiro atoms. The van der Waals surface area contributed by atoms with E-state index < -0.39 is 19.5 Å². The zero-order valence-electron chi connectivity index (χ0n) is 8.62. The highest BCUT2D eigenvalue weighted by Crippen LogP contribution is 2.29. The van der Waals surface area contributed by atoms with Crippen molar-refractivity contribution in [1.29, 1.82) is 0 Å². The molecule has 78 valence electrons. The van der Waals surface area contributed by atoms with Crippen molar-refractivity contribution in [3.8, 4) is 0 Å². The minimum atomic E-state index is -3.49. The molecule has 0 saturated heterocycles. The van der Waals surface area contributed by atoms with Crippen molar-refractivity contribution in [3.63, 3.8) is 0 Å². The van der Waals surface area contributed by atoms with Crippen LogP contribution < -0.4 is 0 Å². The van der Waals surface area contributed by atoms with Crippen LogP contribution in [0, 0.1) is 0 Å². The molecule has 0 N–H and O–H groups in total. The van der Waals surface area contributed by atoms with E-state index in [9.17, 15) is 13.2 Å². The topological polar surface area (TPSA) is 60.4 Å². The summed E-state index contributed by atoms with van der Waals surface area (Å²) in [6, 6.07) is 0. The van der Waals surface area contributed by atoms with Gasteiger partial charge in [0.15, 0.2) is 9.84 Å². The van der Waals surface area contributed by atoms with Crippen LogP contribution in [0.5, 0.6) is 0 Å². The number of ether oxygens (including phenoxy) is 1. The summed E-state index contributed by atoms with van der Waals surface area (Å²) in [4.78, 5) is 8.64. The van der Waals surface area contributed by atoms with Gasteiger partial charge in [0, 0.05) is 0 Å². The van der Waals surface area contributed by atoms with Crippen LogP contribution in [0.25, 0.3) is 0 Å². The first-order valence-corrected chi connectivity index (χ1v) is 5.40. The van der Waals surface area contributed by atoms with E-state index in [1.54, 1.807) is 20.8 Å². The van der Waals surface area contributed by atoms with E-state index in [-0.39, 0.29) is 6.47 Å². The Labute approximate surface area is 79.2 Å². The molecular formula is C8H16O4S. The average molecular weight is 208 g/mol. The zero-order valence-corrected chi connectivity index (χ0v) is 9.44. The lowest BCUT2D eigenvalue weighted by Gasteiger charge is -2.30. The van der Waals surface area contributed by atoms with Crippen molar-refractivity contribution in [3.05, 3.63) is 0 Å². The van der Waals surface area contributed by atoms with E-state index >= 15 is 0 Å². The summed E-state index contributed by atoms with van der Waals surface area (Å²) in [5.74, 6) is 0. The van der Waals surface area contributed by atoms with Gasteiger partial charge in [-0.05, 0) is 34.6 Å². The summed E-state index contributed by atoms with van der Waals surface area (Å²) in [5, 5.41) is 0. The van der Waals surface area contributed by atoms with Crippen molar-refractivity contribution in [1.82, 2.24) is 0 Å². The highest BCUT2D eigenvalue weighted by molar-refractivity contribution is 7.93. The Hall–Kier alpha value is -0.580. The normalized spacial score (nSPS) is 13.9. The lowest BCUT2D eigenvalue weighted by Crippen LogP contribution is -2.45. The standard InChI is InChI=1S/C8H16O4S/c1-7(2,3)13(10,11)8(4,5)12-6-9/h6H,1-5H3. The van der Waals surface area contributed by atoms with E-state index in [2.05, 4.69) is 4.74 Å². The monoisotopic (exact) mass is 208 g/mol. The highest BCUT2D eigenvalue weighted by atomic mass is 32.2. The van der Waals surface area contributed by atoms with Crippen LogP contribution in [-0.4, -0.2) is 24.6 Å². The molecule has 0 radical (unpaired) electrons. The second-order valence-corrected chi connectivity index (χ2v) is 7.44. The molecule has 0 amide bonds. The van der Waals surface area contributed by atoms with E-state index in [1.807, 2.05) is 0 Å². The molecule has 0 aliphatic heterocycles. The number of rotatable bonds is 3. The Morgan fingerprint density at radius 2 is 1.46 bits per heavy atom. The predicted molar refractivity (Wildman–Crippen MR) is 49.9 cm³/mol. The van der Waals surface area contributed by atoms with Gasteiger partial charge in [-0.25, -0.2) is 8.42 Å². The summed E-state index contributed by atoms with van der Waals surface area (Å²) in [6.07, 6.45) is 0. The molecule has 0 aliphatic rings. The molecule has 13 heavy (non-hydrogen) atoms. The predicted octanol–water partition coefficient (Wildman–Crippen LogP) is 1.11. The maximum absolute atomic E-state index is 11.8. The lowest BCUT2D eigenvalue weighted by atomic mass is 10.3. The van der Waals surface area contributed by atoms with E-state index in [0.29, 0.717) is 0 Å². The van der Waals surface area contributed by atoms with Crippen LogP contribution in [0.3, 0.4) is 0 Å². The van der Waals surface area contributed by atoms with Gasteiger partial charge in [0.1, 0.15) is 0 Å². The van der Waals surface area contributed by atoms with Crippen LogP contribution in [0.2, 0.25) is 0 Å². The van der Waals surface area contributed by atoms with Crippen LogP contribution in [0.15, 0.2) is 0 Å². The Morgan fingerprint density at radius 3 is 1.69 bits per heavy atom. The van der Waals surface area contributed by atoms with Crippen LogP contribution in [0.4, 0.5) is 0 Å².